The monoisotopic (exact) mass is 578 g/mol. The number of hydrogen-bond donors (Lipinski definition) is 2. The Labute approximate surface area is 236 Å². The molecule has 0 unspecified atom stereocenters. The quantitative estimate of drug-likeness (QED) is 0.339. The van der Waals surface area contributed by atoms with Crippen LogP contribution in [0, 0.1) is 0 Å². The lowest BCUT2D eigenvalue weighted by molar-refractivity contribution is 0.0950. The first-order valence-corrected chi connectivity index (χ1v) is 14.9. The van der Waals surface area contributed by atoms with E-state index in [1.165, 1.54) is 31.4 Å². The Bertz CT molecular complexity index is 1730. The van der Waals surface area contributed by atoms with Crippen LogP contribution in [0.1, 0.15) is 35.3 Å². The number of nitrogens with zero attached hydrogens (tertiary/aromatic N) is 4. The van der Waals surface area contributed by atoms with Crippen LogP contribution in [-0.4, -0.2) is 60.2 Å². The second kappa shape index (κ2) is 10.7. The third-order valence-corrected chi connectivity index (χ3v) is 9.11. The fraction of sp³-hybridized carbons (Fsp3) is 0.310. The zero-order valence-corrected chi connectivity index (χ0v) is 22.9. The van der Waals surface area contributed by atoms with E-state index in [1.54, 1.807) is 12.3 Å². The topological polar surface area (TPSA) is 117 Å². The molecule has 1 saturated carbocycles. The first kappa shape index (κ1) is 27.2. The summed E-state index contributed by atoms with van der Waals surface area (Å²) in [6.07, 6.45) is 5.30. The summed E-state index contributed by atoms with van der Waals surface area (Å²) in [5, 5.41) is 7.15. The van der Waals surface area contributed by atoms with Crippen LogP contribution in [0.25, 0.3) is 22.3 Å². The van der Waals surface area contributed by atoms with Gasteiger partial charge in [-0.25, -0.2) is 18.4 Å². The van der Waals surface area contributed by atoms with Crippen LogP contribution in [0.15, 0.2) is 71.8 Å². The van der Waals surface area contributed by atoms with Gasteiger partial charge in [0, 0.05) is 42.3 Å². The fourth-order valence-corrected chi connectivity index (χ4v) is 6.08. The number of amides is 1. The number of carbonyl (C=O) groups is 1. The summed E-state index contributed by atoms with van der Waals surface area (Å²) in [4.78, 5) is 28.5. The maximum Gasteiger partial charge on any atom is 0.341 e. The van der Waals surface area contributed by atoms with Crippen molar-refractivity contribution >= 4 is 32.5 Å². The first-order chi connectivity index (χ1) is 19.7. The molecular formula is C29H28F2N6O3S. The Morgan fingerprint density at radius 1 is 1.05 bits per heavy atom. The molecule has 41 heavy (non-hydrogen) atoms. The van der Waals surface area contributed by atoms with Crippen molar-refractivity contribution in [3.63, 3.8) is 0 Å². The van der Waals surface area contributed by atoms with Crippen LogP contribution < -0.4 is 15.5 Å². The number of pyridine rings is 3. The molecule has 4 heterocycles. The molecule has 3 aromatic heterocycles. The van der Waals surface area contributed by atoms with Crippen molar-refractivity contribution in [2.75, 3.05) is 24.5 Å². The number of benzene rings is 1. The number of anilines is 1. The predicted octanol–water partition coefficient (Wildman–Crippen LogP) is 3.95. The standard InChI is InChI=1S/C29H28F2N6O3S/c30-28(31)41(39,40)22-5-1-4-19(14-22)27(38)33-17-21-15-25-20(16-32-21)8-9-24(35-25)23-6-2-7-26(36-23)37-13-12-34-29(18-37)10-3-11-29/h1-2,4-9,14-16,28,34H,3,10-13,17-18H2,(H,33,38). The lowest BCUT2D eigenvalue weighted by Gasteiger charge is -2.50. The largest absolute Gasteiger partial charge is 0.353 e. The average molecular weight is 579 g/mol. The number of nitrogens with one attached hydrogen (secondary N) is 2. The van der Waals surface area contributed by atoms with Gasteiger partial charge >= 0.3 is 5.76 Å². The minimum Gasteiger partial charge on any atom is -0.353 e. The molecule has 1 aliphatic carbocycles. The summed E-state index contributed by atoms with van der Waals surface area (Å²) in [6.45, 7) is 2.82. The molecule has 0 atom stereocenters. The summed E-state index contributed by atoms with van der Waals surface area (Å²) in [5.74, 6) is -3.25. The van der Waals surface area contributed by atoms with Crippen molar-refractivity contribution in [1.29, 1.82) is 0 Å². The molecule has 12 heteroatoms. The number of alkyl halides is 2. The highest BCUT2D eigenvalue weighted by Gasteiger charge is 2.40. The number of aromatic nitrogens is 3. The molecule has 0 bridgehead atoms. The van der Waals surface area contributed by atoms with E-state index in [-0.39, 0.29) is 17.6 Å². The van der Waals surface area contributed by atoms with E-state index in [1.807, 2.05) is 30.3 Å². The molecule has 1 spiro atoms. The number of sulfone groups is 1. The van der Waals surface area contributed by atoms with Crippen molar-refractivity contribution in [1.82, 2.24) is 25.6 Å². The Hall–Kier alpha value is -4.03. The second-order valence-electron chi connectivity index (χ2n) is 10.4. The van der Waals surface area contributed by atoms with E-state index in [4.69, 9.17) is 9.97 Å². The van der Waals surface area contributed by atoms with Gasteiger partial charge in [0.1, 0.15) is 5.82 Å². The Balaban J connectivity index is 1.18. The van der Waals surface area contributed by atoms with Crippen LogP contribution in [-0.2, 0) is 16.4 Å². The number of carbonyl (C=O) groups excluding carboxylic acids is 1. The van der Waals surface area contributed by atoms with Gasteiger partial charge in [-0.05, 0) is 67.8 Å². The van der Waals surface area contributed by atoms with E-state index < -0.39 is 26.4 Å². The molecular weight excluding hydrogens is 550 g/mol. The SMILES string of the molecule is O=C(NCc1cc2nc(-c3cccc(N4CCNC5(CCC5)C4)n3)ccc2cn1)c1cccc(S(=O)(=O)C(F)F)c1. The van der Waals surface area contributed by atoms with Gasteiger partial charge in [0.25, 0.3) is 5.91 Å². The normalized spacial score (nSPS) is 16.6. The van der Waals surface area contributed by atoms with E-state index >= 15 is 0 Å². The van der Waals surface area contributed by atoms with Gasteiger partial charge in [-0.15, -0.1) is 0 Å². The molecule has 2 N–H and O–H groups in total. The highest BCUT2D eigenvalue weighted by Crippen LogP contribution is 2.35. The fourth-order valence-electron chi connectivity index (χ4n) is 5.32. The van der Waals surface area contributed by atoms with Crippen LogP contribution in [0.2, 0.25) is 0 Å². The molecule has 1 amide bonds. The van der Waals surface area contributed by atoms with Crippen molar-refractivity contribution in [3.05, 3.63) is 78.1 Å². The maximum absolute atomic E-state index is 12.9. The van der Waals surface area contributed by atoms with Gasteiger partial charge < -0.3 is 15.5 Å². The molecule has 6 rings (SSSR count). The van der Waals surface area contributed by atoms with Gasteiger partial charge in [-0.1, -0.05) is 12.1 Å². The molecule has 212 valence electrons. The molecule has 1 aliphatic heterocycles. The lowest BCUT2D eigenvalue weighted by atomic mass is 9.75. The van der Waals surface area contributed by atoms with E-state index in [0.717, 1.165) is 48.7 Å². The summed E-state index contributed by atoms with van der Waals surface area (Å²) in [6, 6.07) is 16.1. The van der Waals surface area contributed by atoms with Crippen molar-refractivity contribution in [2.45, 2.75) is 42.0 Å². The Kier molecular flexibility index (Phi) is 7.12. The van der Waals surface area contributed by atoms with E-state index in [2.05, 4.69) is 20.5 Å². The summed E-state index contributed by atoms with van der Waals surface area (Å²) >= 11 is 0. The number of rotatable bonds is 7. The third-order valence-electron chi connectivity index (χ3n) is 7.73. The van der Waals surface area contributed by atoms with Gasteiger partial charge in [-0.2, -0.15) is 8.78 Å². The van der Waals surface area contributed by atoms with Crippen LogP contribution >= 0.6 is 0 Å². The first-order valence-electron chi connectivity index (χ1n) is 13.4. The summed E-state index contributed by atoms with van der Waals surface area (Å²) < 4.78 is 49.3. The van der Waals surface area contributed by atoms with Crippen LogP contribution in [0.5, 0.6) is 0 Å². The van der Waals surface area contributed by atoms with Gasteiger partial charge in [0.2, 0.25) is 9.84 Å². The van der Waals surface area contributed by atoms with E-state index in [9.17, 15) is 22.0 Å². The van der Waals surface area contributed by atoms with Crippen LogP contribution in [0.3, 0.4) is 0 Å². The highest BCUT2D eigenvalue weighted by molar-refractivity contribution is 7.91. The molecule has 0 radical (unpaired) electrons. The highest BCUT2D eigenvalue weighted by atomic mass is 32.2. The molecule has 1 saturated heterocycles. The molecule has 2 fully saturated rings. The van der Waals surface area contributed by atoms with Crippen molar-refractivity contribution in [2.24, 2.45) is 0 Å². The van der Waals surface area contributed by atoms with E-state index in [0.29, 0.717) is 16.9 Å². The van der Waals surface area contributed by atoms with Gasteiger partial charge in [-0.3, -0.25) is 9.78 Å². The molecule has 4 aromatic rings. The molecule has 9 nitrogen and oxygen atoms in total. The zero-order chi connectivity index (χ0) is 28.6. The number of hydrogen-bond acceptors (Lipinski definition) is 8. The minimum atomic E-state index is -4.81. The second-order valence-corrected chi connectivity index (χ2v) is 12.4. The predicted molar refractivity (Wildman–Crippen MR) is 150 cm³/mol. The number of piperazine rings is 1. The lowest BCUT2D eigenvalue weighted by Crippen LogP contribution is -2.64. The molecule has 1 aromatic carbocycles. The smallest absolute Gasteiger partial charge is 0.341 e. The van der Waals surface area contributed by atoms with Crippen molar-refractivity contribution < 1.29 is 22.0 Å². The Morgan fingerprint density at radius 2 is 1.85 bits per heavy atom. The summed E-state index contributed by atoms with van der Waals surface area (Å²) in [7, 11) is -4.81. The summed E-state index contributed by atoms with van der Waals surface area (Å²) in [5.41, 5.74) is 2.84. The minimum absolute atomic E-state index is 0.0327. The maximum atomic E-state index is 12.9. The van der Waals surface area contributed by atoms with Gasteiger partial charge in [0.05, 0.1) is 34.0 Å². The molecule has 2 aliphatic rings. The average Bonchev–Trinajstić information content (AvgIpc) is 2.98. The number of halogens is 2. The zero-order valence-electron chi connectivity index (χ0n) is 22.1. The third kappa shape index (κ3) is 5.49. The Morgan fingerprint density at radius 3 is 2.63 bits per heavy atom. The van der Waals surface area contributed by atoms with Gasteiger partial charge in [0.15, 0.2) is 0 Å². The number of fused-ring (bicyclic) bond motifs is 1. The van der Waals surface area contributed by atoms with Crippen LogP contribution in [0.4, 0.5) is 14.6 Å². The van der Waals surface area contributed by atoms with Crippen molar-refractivity contribution in [3.8, 4) is 11.4 Å².